The molecule has 0 spiro atoms. The van der Waals surface area contributed by atoms with Gasteiger partial charge in [-0.1, -0.05) is 37.9 Å². The molecule has 0 aliphatic heterocycles. The second-order valence-corrected chi connectivity index (χ2v) is 5.84. The van der Waals surface area contributed by atoms with Crippen LogP contribution in [0.15, 0.2) is 45.3 Å². The van der Waals surface area contributed by atoms with Crippen molar-refractivity contribution < 1.29 is 4.74 Å². The number of benzene rings is 2. The highest BCUT2D eigenvalue weighted by molar-refractivity contribution is 9.10. The Hall–Kier alpha value is -0.840. The minimum atomic E-state index is 0.493. The van der Waals surface area contributed by atoms with E-state index in [1.165, 1.54) is 0 Å². The molecule has 0 saturated heterocycles. The van der Waals surface area contributed by atoms with Crippen molar-refractivity contribution in [1.29, 1.82) is 0 Å². The smallest absolute Gasteiger partial charge is 0.131 e. The van der Waals surface area contributed by atoms with Gasteiger partial charge in [-0.15, -0.1) is 0 Å². The minimum absolute atomic E-state index is 0.493. The zero-order valence-corrected chi connectivity index (χ0v) is 13.1. The first-order chi connectivity index (χ1) is 8.58. The molecule has 0 saturated carbocycles. The molecule has 2 rings (SSSR count). The van der Waals surface area contributed by atoms with Gasteiger partial charge in [0.2, 0.25) is 0 Å². The molecule has 0 radical (unpaired) electrons. The summed E-state index contributed by atoms with van der Waals surface area (Å²) < 4.78 is 7.86. The number of hydrogen-bond donors (Lipinski definition) is 1. The molecule has 2 N–H and O–H groups in total. The van der Waals surface area contributed by atoms with Crippen molar-refractivity contribution in [2.75, 3.05) is 0 Å². The van der Waals surface area contributed by atoms with Crippen LogP contribution in [0.3, 0.4) is 0 Å². The highest BCUT2D eigenvalue weighted by Crippen LogP contribution is 2.30. The maximum atomic E-state index is 5.90. The Morgan fingerprint density at radius 3 is 2.56 bits per heavy atom. The summed E-state index contributed by atoms with van der Waals surface area (Å²) in [4.78, 5) is 0. The topological polar surface area (TPSA) is 35.2 Å². The van der Waals surface area contributed by atoms with E-state index < -0.39 is 0 Å². The fraction of sp³-hybridized carbons (Fsp3) is 0.143. The Kier molecular flexibility index (Phi) is 4.43. The Balaban J connectivity index is 2.33. The van der Waals surface area contributed by atoms with Crippen molar-refractivity contribution in [2.45, 2.75) is 13.5 Å². The molecule has 0 aliphatic carbocycles. The van der Waals surface area contributed by atoms with Gasteiger partial charge in [-0.25, -0.2) is 0 Å². The average Bonchev–Trinajstić information content (AvgIpc) is 2.33. The van der Waals surface area contributed by atoms with Crippen molar-refractivity contribution in [3.63, 3.8) is 0 Å². The molecule has 0 fully saturated rings. The van der Waals surface area contributed by atoms with E-state index in [0.29, 0.717) is 6.54 Å². The van der Waals surface area contributed by atoms with Crippen LogP contribution in [-0.4, -0.2) is 0 Å². The van der Waals surface area contributed by atoms with Gasteiger partial charge in [0.05, 0.1) is 0 Å². The van der Waals surface area contributed by atoms with Crippen molar-refractivity contribution in [1.82, 2.24) is 0 Å². The van der Waals surface area contributed by atoms with E-state index in [0.717, 1.165) is 31.6 Å². The molecule has 0 heterocycles. The zero-order chi connectivity index (χ0) is 13.1. The Morgan fingerprint density at radius 1 is 1.06 bits per heavy atom. The Bertz CT molecular complexity index is 570. The molecule has 0 unspecified atom stereocenters. The summed E-state index contributed by atoms with van der Waals surface area (Å²) in [5.41, 5.74) is 7.78. The lowest BCUT2D eigenvalue weighted by Crippen LogP contribution is -1.97. The van der Waals surface area contributed by atoms with Gasteiger partial charge in [0, 0.05) is 15.5 Å². The third-order valence-corrected chi connectivity index (χ3v) is 3.50. The first-order valence-electron chi connectivity index (χ1n) is 5.52. The maximum Gasteiger partial charge on any atom is 0.131 e. The number of halogens is 2. The average molecular weight is 371 g/mol. The molecular formula is C14H13Br2NO. The fourth-order valence-corrected chi connectivity index (χ4v) is 2.47. The van der Waals surface area contributed by atoms with E-state index in [4.69, 9.17) is 10.5 Å². The van der Waals surface area contributed by atoms with Gasteiger partial charge in [-0.3, -0.25) is 0 Å². The zero-order valence-electron chi connectivity index (χ0n) is 9.91. The lowest BCUT2D eigenvalue weighted by molar-refractivity contribution is 0.477. The van der Waals surface area contributed by atoms with Crippen LogP contribution in [0.25, 0.3) is 0 Å². The summed E-state index contributed by atoms with van der Waals surface area (Å²) in [6.07, 6.45) is 0. The number of nitrogens with two attached hydrogens (primary N) is 1. The lowest BCUT2D eigenvalue weighted by Gasteiger charge is -2.10. The molecule has 0 atom stereocenters. The molecule has 0 aromatic heterocycles. The van der Waals surface area contributed by atoms with Gasteiger partial charge < -0.3 is 10.5 Å². The standard InChI is InChI=1S/C14H13Br2NO/c1-9-2-3-11(15)7-14(9)18-13-5-10(8-17)4-12(16)6-13/h2-7H,8,17H2,1H3. The number of ether oxygens (including phenoxy) is 1. The van der Waals surface area contributed by atoms with Crippen molar-refractivity contribution in [3.05, 3.63) is 56.5 Å². The predicted molar refractivity (Wildman–Crippen MR) is 81.0 cm³/mol. The van der Waals surface area contributed by atoms with Crippen molar-refractivity contribution in [3.8, 4) is 11.5 Å². The molecule has 0 amide bonds. The molecule has 2 aromatic rings. The molecule has 2 aromatic carbocycles. The van der Waals surface area contributed by atoms with Gasteiger partial charge in [-0.2, -0.15) is 0 Å². The van der Waals surface area contributed by atoms with Crippen LogP contribution in [0.1, 0.15) is 11.1 Å². The third-order valence-electron chi connectivity index (χ3n) is 2.54. The highest BCUT2D eigenvalue weighted by atomic mass is 79.9. The number of aryl methyl sites for hydroxylation is 1. The lowest BCUT2D eigenvalue weighted by atomic mass is 10.2. The third kappa shape index (κ3) is 3.34. The minimum Gasteiger partial charge on any atom is -0.457 e. The second-order valence-electron chi connectivity index (χ2n) is 4.01. The van der Waals surface area contributed by atoms with Crippen LogP contribution in [0.2, 0.25) is 0 Å². The van der Waals surface area contributed by atoms with E-state index in [1.807, 2.05) is 43.3 Å². The van der Waals surface area contributed by atoms with Crippen LogP contribution < -0.4 is 10.5 Å². The van der Waals surface area contributed by atoms with Crippen LogP contribution in [0.5, 0.6) is 11.5 Å². The number of hydrogen-bond acceptors (Lipinski definition) is 2. The van der Waals surface area contributed by atoms with E-state index in [2.05, 4.69) is 31.9 Å². The summed E-state index contributed by atoms with van der Waals surface area (Å²) in [5, 5.41) is 0. The van der Waals surface area contributed by atoms with Crippen LogP contribution in [0.4, 0.5) is 0 Å². The predicted octanol–water partition coefficient (Wildman–Crippen LogP) is 4.77. The summed E-state index contributed by atoms with van der Waals surface area (Å²) in [7, 11) is 0. The first kappa shape index (κ1) is 13.6. The van der Waals surface area contributed by atoms with Crippen LogP contribution in [-0.2, 0) is 6.54 Å². The summed E-state index contributed by atoms with van der Waals surface area (Å²) in [6.45, 7) is 2.51. The molecule has 2 nitrogen and oxygen atoms in total. The van der Waals surface area contributed by atoms with Gasteiger partial charge in [0.25, 0.3) is 0 Å². The monoisotopic (exact) mass is 369 g/mol. The quantitative estimate of drug-likeness (QED) is 0.844. The Morgan fingerprint density at radius 2 is 1.83 bits per heavy atom. The van der Waals surface area contributed by atoms with E-state index in [-0.39, 0.29) is 0 Å². The first-order valence-corrected chi connectivity index (χ1v) is 7.10. The van der Waals surface area contributed by atoms with E-state index in [1.54, 1.807) is 0 Å². The molecule has 0 bridgehead atoms. The van der Waals surface area contributed by atoms with Gasteiger partial charge in [-0.05, 0) is 48.4 Å². The van der Waals surface area contributed by atoms with Gasteiger partial charge in [0.15, 0.2) is 0 Å². The normalized spacial score (nSPS) is 10.4. The van der Waals surface area contributed by atoms with Crippen LogP contribution >= 0.6 is 31.9 Å². The summed E-state index contributed by atoms with van der Waals surface area (Å²) >= 11 is 6.90. The molecule has 94 valence electrons. The highest BCUT2D eigenvalue weighted by Gasteiger charge is 2.04. The summed E-state index contributed by atoms with van der Waals surface area (Å²) in [6, 6.07) is 11.8. The van der Waals surface area contributed by atoms with Crippen LogP contribution in [0, 0.1) is 6.92 Å². The van der Waals surface area contributed by atoms with E-state index >= 15 is 0 Å². The van der Waals surface area contributed by atoms with Gasteiger partial charge >= 0.3 is 0 Å². The molecule has 18 heavy (non-hydrogen) atoms. The summed E-state index contributed by atoms with van der Waals surface area (Å²) in [5.74, 6) is 1.62. The maximum absolute atomic E-state index is 5.90. The molecule has 0 aliphatic rings. The fourth-order valence-electron chi connectivity index (χ4n) is 1.61. The largest absolute Gasteiger partial charge is 0.457 e. The second kappa shape index (κ2) is 5.87. The number of rotatable bonds is 3. The van der Waals surface area contributed by atoms with E-state index in [9.17, 15) is 0 Å². The van der Waals surface area contributed by atoms with Crippen molar-refractivity contribution >= 4 is 31.9 Å². The van der Waals surface area contributed by atoms with Gasteiger partial charge in [0.1, 0.15) is 11.5 Å². The Labute approximate surface area is 123 Å². The van der Waals surface area contributed by atoms with Crippen molar-refractivity contribution in [2.24, 2.45) is 5.73 Å². The molecular weight excluding hydrogens is 358 g/mol. The SMILES string of the molecule is Cc1ccc(Br)cc1Oc1cc(Br)cc(CN)c1. The molecule has 4 heteroatoms.